The van der Waals surface area contributed by atoms with Gasteiger partial charge in [0.05, 0.1) is 4.90 Å². The van der Waals surface area contributed by atoms with Crippen molar-refractivity contribution in [1.29, 1.82) is 0 Å². The van der Waals surface area contributed by atoms with Crippen molar-refractivity contribution in [2.24, 2.45) is 0 Å². The van der Waals surface area contributed by atoms with Crippen LogP contribution in [0.1, 0.15) is 0 Å². The number of halogens is 3. The van der Waals surface area contributed by atoms with Gasteiger partial charge < -0.3 is 5.73 Å². The fourth-order valence-corrected chi connectivity index (χ4v) is 2.17. The summed E-state index contributed by atoms with van der Waals surface area (Å²) in [6.45, 7) is 0. The van der Waals surface area contributed by atoms with E-state index in [1.54, 1.807) is 0 Å². The Hall–Kier alpha value is -0.520. The number of anilines is 1. The van der Waals surface area contributed by atoms with Crippen molar-refractivity contribution in [2.75, 3.05) is 5.73 Å². The summed E-state index contributed by atoms with van der Waals surface area (Å²) in [7, 11) is -4.41. The summed E-state index contributed by atoms with van der Waals surface area (Å²) in [6, 6.07) is 5.06. The zero-order chi connectivity index (χ0) is 11.0. The van der Waals surface area contributed by atoms with Crippen LogP contribution in [-0.2, 0) is 9.84 Å². The molecule has 1 rings (SSSR count). The second-order valence-electron chi connectivity index (χ2n) is 2.52. The maximum Gasteiger partial charge on any atom is 0.362 e. The molecule has 1 aromatic carbocycles. The second kappa shape index (κ2) is 3.56. The first-order chi connectivity index (χ1) is 6.25. The van der Waals surface area contributed by atoms with Crippen molar-refractivity contribution >= 4 is 38.7 Å². The zero-order valence-electron chi connectivity index (χ0n) is 6.75. The Kier molecular flexibility index (Phi) is 2.94. The largest absolute Gasteiger partial charge is 0.399 e. The normalized spacial score (nSPS) is 12.8. The van der Waals surface area contributed by atoms with Gasteiger partial charge in [0, 0.05) is 5.69 Å². The molecule has 0 bridgehead atoms. The number of sulfone groups is 1. The van der Waals surface area contributed by atoms with Gasteiger partial charge in [0.2, 0.25) is 9.84 Å². The third-order valence-corrected chi connectivity index (χ3v) is 4.18. The van der Waals surface area contributed by atoms with Crippen LogP contribution in [-0.4, -0.2) is 12.3 Å². The molecule has 0 spiro atoms. The number of nitrogen functional groups attached to an aromatic ring is 1. The summed E-state index contributed by atoms with van der Waals surface area (Å²) in [4.78, 5) is -0.356. The first-order valence-corrected chi connectivity index (χ1v) is 5.66. The minimum Gasteiger partial charge on any atom is -0.399 e. The van der Waals surface area contributed by atoms with E-state index in [4.69, 9.17) is 28.9 Å². The average Bonchev–Trinajstić information content (AvgIpc) is 2.02. The molecule has 0 fully saturated rings. The van der Waals surface area contributed by atoms with Crippen molar-refractivity contribution in [2.45, 2.75) is 8.81 Å². The monoisotopic (exact) mass is 257 g/mol. The fourth-order valence-electron chi connectivity index (χ4n) is 0.815. The number of hydrogen-bond acceptors (Lipinski definition) is 3. The quantitative estimate of drug-likeness (QED) is 0.652. The smallest absolute Gasteiger partial charge is 0.362 e. The molecule has 3 nitrogen and oxygen atoms in total. The number of nitrogens with two attached hydrogens (primary N) is 1. The molecule has 0 unspecified atom stereocenters. The Morgan fingerprint density at radius 1 is 1.36 bits per heavy atom. The third-order valence-electron chi connectivity index (χ3n) is 1.47. The lowest BCUT2D eigenvalue weighted by atomic mass is 10.3. The summed E-state index contributed by atoms with van der Waals surface area (Å²) < 4.78 is 32.2. The maximum absolute atomic E-state index is 12.9. The summed E-state index contributed by atoms with van der Waals surface area (Å²) in [5, 5.41) is 0. The van der Waals surface area contributed by atoms with E-state index in [0.717, 1.165) is 12.1 Å². The molecule has 0 amide bonds. The van der Waals surface area contributed by atoms with Gasteiger partial charge in [-0.05, 0) is 41.4 Å². The topological polar surface area (TPSA) is 60.2 Å². The first kappa shape index (κ1) is 11.6. The van der Waals surface area contributed by atoms with Gasteiger partial charge in [0.25, 0.3) is 0 Å². The molecular weight excluding hydrogens is 252 g/mol. The van der Waals surface area contributed by atoms with Crippen molar-refractivity contribution in [3.05, 3.63) is 24.3 Å². The van der Waals surface area contributed by atoms with Gasteiger partial charge in [-0.15, -0.1) is 0 Å². The summed E-state index contributed by atoms with van der Waals surface area (Å²) in [5.74, 6) is 0. The molecule has 0 saturated carbocycles. The van der Waals surface area contributed by atoms with Gasteiger partial charge in [-0.1, -0.05) is 6.07 Å². The Morgan fingerprint density at radius 3 is 2.36 bits per heavy atom. The molecule has 0 aromatic heterocycles. The van der Waals surface area contributed by atoms with E-state index in [-0.39, 0.29) is 10.6 Å². The van der Waals surface area contributed by atoms with Gasteiger partial charge in [0.15, 0.2) is 0 Å². The summed E-state index contributed by atoms with van der Waals surface area (Å²) >= 11 is 9.76. The van der Waals surface area contributed by atoms with Crippen LogP contribution in [0.25, 0.3) is 0 Å². The Labute approximate surface area is 90.5 Å². The number of alkyl halides is 3. The SMILES string of the molecule is Nc1cccc(S(=O)(=O)C(F)(Cl)Cl)c1. The van der Waals surface area contributed by atoms with E-state index in [9.17, 15) is 12.8 Å². The molecule has 0 aliphatic carbocycles. The van der Waals surface area contributed by atoms with E-state index < -0.39 is 13.8 Å². The van der Waals surface area contributed by atoms with E-state index in [2.05, 4.69) is 0 Å². The molecule has 0 saturated heterocycles. The summed E-state index contributed by atoms with van der Waals surface area (Å²) in [5.41, 5.74) is 5.51. The summed E-state index contributed by atoms with van der Waals surface area (Å²) in [6.07, 6.45) is 0. The van der Waals surface area contributed by atoms with Crippen molar-refractivity contribution in [3.8, 4) is 0 Å². The van der Waals surface area contributed by atoms with Crippen LogP contribution in [0.15, 0.2) is 29.2 Å². The fraction of sp³-hybridized carbons (Fsp3) is 0.143. The number of hydrogen-bond donors (Lipinski definition) is 1. The van der Waals surface area contributed by atoms with Crippen LogP contribution in [0.3, 0.4) is 0 Å². The van der Waals surface area contributed by atoms with Crippen molar-refractivity contribution in [1.82, 2.24) is 0 Å². The van der Waals surface area contributed by atoms with Gasteiger partial charge in [-0.3, -0.25) is 0 Å². The molecule has 0 aliphatic heterocycles. The predicted molar refractivity (Wildman–Crippen MR) is 53.6 cm³/mol. The van der Waals surface area contributed by atoms with E-state index >= 15 is 0 Å². The highest BCUT2D eigenvalue weighted by Gasteiger charge is 2.41. The highest BCUT2D eigenvalue weighted by atomic mass is 35.5. The van der Waals surface area contributed by atoms with Gasteiger partial charge in [-0.25, -0.2) is 8.42 Å². The van der Waals surface area contributed by atoms with Crippen LogP contribution in [0, 0.1) is 0 Å². The van der Waals surface area contributed by atoms with E-state index in [1.807, 2.05) is 0 Å². The Bertz CT molecular complexity index is 441. The highest BCUT2D eigenvalue weighted by Crippen LogP contribution is 2.35. The van der Waals surface area contributed by atoms with Crippen LogP contribution in [0.5, 0.6) is 0 Å². The second-order valence-corrected chi connectivity index (χ2v) is 6.25. The lowest BCUT2D eigenvalue weighted by molar-refractivity contribution is 0.469. The number of benzene rings is 1. The Balaban J connectivity index is 3.32. The van der Waals surface area contributed by atoms with Gasteiger partial charge >= 0.3 is 3.92 Å². The highest BCUT2D eigenvalue weighted by molar-refractivity contribution is 7.95. The molecule has 0 radical (unpaired) electrons. The molecule has 0 aliphatic rings. The molecular formula is C7H6Cl2FNO2S. The molecule has 14 heavy (non-hydrogen) atoms. The zero-order valence-corrected chi connectivity index (χ0v) is 9.07. The minimum atomic E-state index is -4.41. The van der Waals surface area contributed by atoms with Gasteiger partial charge in [-0.2, -0.15) is 4.39 Å². The van der Waals surface area contributed by atoms with Crippen LogP contribution in [0.4, 0.5) is 10.1 Å². The predicted octanol–water partition coefficient (Wildman–Crippen LogP) is 2.10. The molecule has 7 heteroatoms. The minimum absolute atomic E-state index is 0.184. The van der Waals surface area contributed by atoms with Crippen LogP contribution >= 0.6 is 23.2 Å². The lowest BCUT2D eigenvalue weighted by Crippen LogP contribution is -2.20. The third kappa shape index (κ3) is 2.10. The molecule has 0 heterocycles. The lowest BCUT2D eigenvalue weighted by Gasteiger charge is -2.10. The molecule has 2 N–H and O–H groups in total. The Morgan fingerprint density at radius 2 is 1.93 bits per heavy atom. The van der Waals surface area contributed by atoms with Crippen molar-refractivity contribution < 1.29 is 12.8 Å². The molecule has 78 valence electrons. The molecule has 1 aromatic rings. The van der Waals surface area contributed by atoms with Crippen LogP contribution in [0.2, 0.25) is 0 Å². The first-order valence-electron chi connectivity index (χ1n) is 3.42. The van der Waals surface area contributed by atoms with E-state index in [0.29, 0.717) is 0 Å². The van der Waals surface area contributed by atoms with E-state index in [1.165, 1.54) is 12.1 Å². The molecule has 0 atom stereocenters. The van der Waals surface area contributed by atoms with Gasteiger partial charge in [0.1, 0.15) is 0 Å². The van der Waals surface area contributed by atoms with Crippen molar-refractivity contribution in [3.63, 3.8) is 0 Å². The maximum atomic E-state index is 12.9. The average molecular weight is 258 g/mol. The number of rotatable bonds is 2. The standard InChI is InChI=1S/C7H6Cl2FNO2S/c8-7(9,10)14(12,13)6-3-1-2-5(11)4-6/h1-4H,11H2. The van der Waals surface area contributed by atoms with Crippen LogP contribution < -0.4 is 5.73 Å².